The molecule has 1 N–H and O–H groups in total. The first kappa shape index (κ1) is 13.2. The smallest absolute Gasteiger partial charge is 0.434 e. The second-order valence-corrected chi connectivity index (χ2v) is 3.73. The molecule has 0 heterocycles. The van der Waals surface area contributed by atoms with E-state index in [1.165, 1.54) is 0 Å². The lowest BCUT2D eigenvalue weighted by atomic mass is 10.3. The van der Waals surface area contributed by atoms with Crippen LogP contribution in [0.5, 0.6) is 0 Å². The molecule has 84 valence electrons. The Morgan fingerprint density at radius 3 is 2.43 bits per heavy atom. The summed E-state index contributed by atoms with van der Waals surface area (Å²) in [7, 11) is 0. The van der Waals surface area contributed by atoms with Gasteiger partial charge in [0.1, 0.15) is 0 Å². The van der Waals surface area contributed by atoms with Gasteiger partial charge in [-0.2, -0.15) is 0 Å². The fourth-order valence-electron chi connectivity index (χ4n) is 0.845. The van der Waals surface area contributed by atoms with Gasteiger partial charge in [-0.25, -0.2) is 4.79 Å². The van der Waals surface area contributed by atoms with Crippen LogP contribution in [0.3, 0.4) is 0 Å². The molecule has 0 aromatic rings. The van der Waals surface area contributed by atoms with Gasteiger partial charge in [-0.15, -0.1) is 0 Å². The molecule has 4 heteroatoms. The summed E-state index contributed by atoms with van der Waals surface area (Å²) < 4.78 is 9.63. The van der Waals surface area contributed by atoms with Gasteiger partial charge >= 0.3 is 6.16 Å². The lowest BCUT2D eigenvalue weighted by molar-refractivity contribution is 0.0340. The molecule has 0 aliphatic rings. The number of nitrogens with one attached hydrogen (secondary N) is 1. The molecule has 0 fully saturated rings. The molecular weight excluding hydrogens is 182 g/mol. The standard InChI is InChI=1S/C10H21NO3/c1-8(2)11-6-5-7-13-10(12)14-9(3)4/h8-9,11H,5-7H2,1-4H3. The minimum absolute atomic E-state index is 0.115. The molecule has 0 amide bonds. The predicted octanol–water partition coefficient (Wildman–Crippen LogP) is 1.94. The fraction of sp³-hybridized carbons (Fsp3) is 0.900. The number of hydrogen-bond donors (Lipinski definition) is 1. The third kappa shape index (κ3) is 9.32. The number of hydrogen-bond acceptors (Lipinski definition) is 4. The van der Waals surface area contributed by atoms with Crippen molar-refractivity contribution in [3.05, 3.63) is 0 Å². The van der Waals surface area contributed by atoms with E-state index < -0.39 is 6.16 Å². The Morgan fingerprint density at radius 1 is 1.29 bits per heavy atom. The largest absolute Gasteiger partial charge is 0.508 e. The van der Waals surface area contributed by atoms with Gasteiger partial charge in [-0.1, -0.05) is 13.8 Å². The van der Waals surface area contributed by atoms with Crippen molar-refractivity contribution in [2.24, 2.45) is 0 Å². The predicted molar refractivity (Wildman–Crippen MR) is 55.3 cm³/mol. The molecule has 4 nitrogen and oxygen atoms in total. The SMILES string of the molecule is CC(C)NCCCOC(=O)OC(C)C. The summed E-state index contributed by atoms with van der Waals surface area (Å²) in [6.07, 6.45) is 0.117. The summed E-state index contributed by atoms with van der Waals surface area (Å²) in [4.78, 5) is 10.9. The maximum atomic E-state index is 10.9. The lowest BCUT2D eigenvalue weighted by Gasteiger charge is -2.09. The number of ether oxygens (including phenoxy) is 2. The first-order valence-corrected chi connectivity index (χ1v) is 5.09. The molecule has 0 bridgehead atoms. The maximum Gasteiger partial charge on any atom is 0.508 e. The first-order valence-electron chi connectivity index (χ1n) is 5.09. The van der Waals surface area contributed by atoms with Gasteiger partial charge in [0.05, 0.1) is 12.7 Å². The molecule has 0 atom stereocenters. The molecule has 14 heavy (non-hydrogen) atoms. The van der Waals surface area contributed by atoms with Gasteiger partial charge in [0.15, 0.2) is 0 Å². The molecule has 0 aromatic heterocycles. The third-order valence-corrected chi connectivity index (χ3v) is 1.43. The summed E-state index contributed by atoms with van der Waals surface area (Å²) in [6, 6.07) is 0.470. The monoisotopic (exact) mass is 203 g/mol. The number of carbonyl (C=O) groups excluding carboxylic acids is 1. The second-order valence-electron chi connectivity index (χ2n) is 3.73. The van der Waals surface area contributed by atoms with Crippen molar-refractivity contribution in [2.45, 2.75) is 46.3 Å². The molecule has 0 aromatic carbocycles. The van der Waals surface area contributed by atoms with Crippen LogP contribution in [-0.4, -0.2) is 31.5 Å². The lowest BCUT2D eigenvalue weighted by Crippen LogP contribution is -2.25. The third-order valence-electron chi connectivity index (χ3n) is 1.43. The van der Waals surface area contributed by atoms with Crippen LogP contribution in [0, 0.1) is 0 Å². The summed E-state index contributed by atoms with van der Waals surface area (Å²) in [5, 5.41) is 3.23. The van der Waals surface area contributed by atoms with E-state index in [0.29, 0.717) is 12.6 Å². The van der Waals surface area contributed by atoms with Crippen LogP contribution in [-0.2, 0) is 9.47 Å². The van der Waals surface area contributed by atoms with Crippen LogP contribution in [0.1, 0.15) is 34.1 Å². The molecule has 0 aliphatic heterocycles. The van der Waals surface area contributed by atoms with E-state index in [2.05, 4.69) is 19.2 Å². The highest BCUT2D eigenvalue weighted by Gasteiger charge is 2.05. The summed E-state index contributed by atoms with van der Waals surface area (Å²) >= 11 is 0. The Morgan fingerprint density at radius 2 is 1.93 bits per heavy atom. The highest BCUT2D eigenvalue weighted by Crippen LogP contribution is 1.93. The van der Waals surface area contributed by atoms with Gasteiger partial charge < -0.3 is 14.8 Å². The van der Waals surface area contributed by atoms with Gasteiger partial charge in [0, 0.05) is 6.04 Å². The first-order chi connectivity index (χ1) is 6.52. The Labute approximate surface area is 86.0 Å². The molecular formula is C10H21NO3. The van der Waals surface area contributed by atoms with Crippen molar-refractivity contribution in [1.29, 1.82) is 0 Å². The van der Waals surface area contributed by atoms with Gasteiger partial charge in [0.25, 0.3) is 0 Å². The van der Waals surface area contributed by atoms with Crippen LogP contribution in [0.25, 0.3) is 0 Å². The van der Waals surface area contributed by atoms with Crippen molar-refractivity contribution < 1.29 is 14.3 Å². The summed E-state index contributed by atoms with van der Waals surface area (Å²) in [5.41, 5.74) is 0. The number of carbonyl (C=O) groups is 1. The molecule has 0 saturated heterocycles. The molecule has 0 rings (SSSR count). The summed E-state index contributed by atoms with van der Waals surface area (Å²) in [5.74, 6) is 0. The fourth-order valence-corrected chi connectivity index (χ4v) is 0.845. The average molecular weight is 203 g/mol. The zero-order chi connectivity index (χ0) is 11.0. The highest BCUT2D eigenvalue weighted by molar-refractivity contribution is 5.59. The van der Waals surface area contributed by atoms with Crippen LogP contribution in [0.2, 0.25) is 0 Å². The topological polar surface area (TPSA) is 47.6 Å². The summed E-state index contributed by atoms with van der Waals surface area (Å²) in [6.45, 7) is 9.00. The van der Waals surface area contributed by atoms with Crippen LogP contribution in [0.15, 0.2) is 0 Å². The van der Waals surface area contributed by atoms with Gasteiger partial charge in [-0.05, 0) is 26.8 Å². The minimum Gasteiger partial charge on any atom is -0.434 e. The van der Waals surface area contributed by atoms with Crippen LogP contribution < -0.4 is 5.32 Å². The Bertz CT molecular complexity index is 157. The van der Waals surface area contributed by atoms with Crippen LogP contribution >= 0.6 is 0 Å². The van der Waals surface area contributed by atoms with Gasteiger partial charge in [0.2, 0.25) is 0 Å². The highest BCUT2D eigenvalue weighted by atomic mass is 16.7. The van der Waals surface area contributed by atoms with Crippen LogP contribution in [0.4, 0.5) is 4.79 Å². The van der Waals surface area contributed by atoms with E-state index in [0.717, 1.165) is 13.0 Å². The molecule has 0 unspecified atom stereocenters. The zero-order valence-electron chi connectivity index (χ0n) is 9.50. The van der Waals surface area contributed by atoms with E-state index in [9.17, 15) is 4.79 Å². The van der Waals surface area contributed by atoms with Crippen molar-refractivity contribution in [2.75, 3.05) is 13.2 Å². The second kappa shape index (κ2) is 7.62. The Balaban J connectivity index is 3.23. The number of rotatable bonds is 6. The van der Waals surface area contributed by atoms with Gasteiger partial charge in [-0.3, -0.25) is 0 Å². The maximum absolute atomic E-state index is 10.9. The molecule has 0 radical (unpaired) electrons. The Kier molecular flexibility index (Phi) is 7.20. The van der Waals surface area contributed by atoms with E-state index >= 15 is 0 Å². The van der Waals surface area contributed by atoms with E-state index in [1.54, 1.807) is 13.8 Å². The molecule has 0 spiro atoms. The molecule has 0 aliphatic carbocycles. The normalized spacial score (nSPS) is 10.7. The van der Waals surface area contributed by atoms with Crippen molar-refractivity contribution in [3.8, 4) is 0 Å². The van der Waals surface area contributed by atoms with Crippen molar-refractivity contribution in [1.82, 2.24) is 5.32 Å². The van der Waals surface area contributed by atoms with E-state index in [-0.39, 0.29) is 6.10 Å². The average Bonchev–Trinajstić information content (AvgIpc) is 2.01. The zero-order valence-corrected chi connectivity index (χ0v) is 9.50. The van der Waals surface area contributed by atoms with E-state index in [1.807, 2.05) is 0 Å². The minimum atomic E-state index is -0.579. The molecule has 0 saturated carbocycles. The quantitative estimate of drug-likeness (QED) is 0.529. The van der Waals surface area contributed by atoms with E-state index in [4.69, 9.17) is 9.47 Å². The van der Waals surface area contributed by atoms with Crippen molar-refractivity contribution in [3.63, 3.8) is 0 Å². The van der Waals surface area contributed by atoms with Crippen molar-refractivity contribution >= 4 is 6.16 Å². The Hall–Kier alpha value is -0.770.